The summed E-state index contributed by atoms with van der Waals surface area (Å²) in [6, 6.07) is -0.898. The Kier molecular flexibility index (Phi) is 41.7. The van der Waals surface area contributed by atoms with Crippen LogP contribution in [0.25, 0.3) is 0 Å². The summed E-state index contributed by atoms with van der Waals surface area (Å²) in [7, 11) is -4.38. The maximum Gasteiger partial charge on any atom is 0.472 e. The molecule has 9 nitrogen and oxygen atoms in total. The van der Waals surface area contributed by atoms with Crippen LogP contribution in [0, 0.1) is 0 Å². The Balaban J connectivity index is 4.19. The maximum atomic E-state index is 12.8. The molecule has 0 aromatic heterocycles. The number of phosphoric acid groups is 1. The average Bonchev–Trinajstić information content (AvgIpc) is 3.17. The van der Waals surface area contributed by atoms with Gasteiger partial charge in [-0.2, -0.15) is 0 Å². The number of phosphoric ester groups is 1. The number of aliphatic hydroxyl groups excluding tert-OH is 2. The summed E-state index contributed by atoms with van der Waals surface area (Å²) in [5, 5.41) is 24.2. The second-order valence-electron chi connectivity index (χ2n) is 16.5. The van der Waals surface area contributed by atoms with Crippen LogP contribution in [0.1, 0.15) is 239 Å². The molecule has 0 fully saturated rings. The fourth-order valence-corrected chi connectivity index (χ4v) is 8.05. The summed E-state index contributed by atoms with van der Waals surface area (Å²) in [5.74, 6) is -0.419. The van der Waals surface area contributed by atoms with Crippen LogP contribution in [0.3, 0.4) is 0 Å². The number of allylic oxidation sites excluding steroid dienone is 2. The number of carbonyl (C=O) groups is 1. The Morgan fingerprint density at radius 2 is 0.964 bits per heavy atom. The third-order valence-electron chi connectivity index (χ3n) is 10.9. The summed E-state index contributed by atoms with van der Waals surface area (Å²) in [4.78, 5) is 22.8. The van der Waals surface area contributed by atoms with Crippen LogP contribution >= 0.6 is 7.82 Å². The van der Waals surface area contributed by atoms with Crippen molar-refractivity contribution in [3.8, 4) is 0 Å². The minimum atomic E-state index is -4.38. The van der Waals surface area contributed by atoms with E-state index >= 15 is 0 Å². The highest BCUT2D eigenvalue weighted by atomic mass is 31.2. The number of amides is 1. The maximum absolute atomic E-state index is 12.8. The van der Waals surface area contributed by atoms with Crippen LogP contribution in [0.15, 0.2) is 12.2 Å². The number of nitrogens with two attached hydrogens (primary N) is 1. The van der Waals surface area contributed by atoms with Crippen molar-refractivity contribution in [1.29, 1.82) is 0 Å². The molecule has 0 radical (unpaired) electrons. The van der Waals surface area contributed by atoms with E-state index in [9.17, 15) is 24.5 Å². The first-order chi connectivity index (χ1) is 27.3. The van der Waals surface area contributed by atoms with E-state index in [1.807, 2.05) is 0 Å². The smallest absolute Gasteiger partial charge is 0.393 e. The fraction of sp³-hybridized carbons (Fsp3) is 0.935. The number of nitrogens with one attached hydrogen (secondary N) is 1. The molecule has 10 heteroatoms. The first kappa shape index (κ1) is 55.2. The van der Waals surface area contributed by atoms with Crippen molar-refractivity contribution in [3.63, 3.8) is 0 Å². The van der Waals surface area contributed by atoms with Crippen molar-refractivity contribution in [1.82, 2.24) is 5.32 Å². The summed E-state index contributed by atoms with van der Waals surface area (Å²) in [6.07, 6.45) is 44.0. The number of hydrogen-bond acceptors (Lipinski definition) is 7. The predicted molar refractivity (Wildman–Crippen MR) is 237 cm³/mol. The van der Waals surface area contributed by atoms with Crippen LogP contribution < -0.4 is 11.1 Å². The van der Waals surface area contributed by atoms with Gasteiger partial charge in [0.2, 0.25) is 5.91 Å². The second-order valence-corrected chi connectivity index (χ2v) is 18.0. The van der Waals surface area contributed by atoms with Crippen LogP contribution in [0.5, 0.6) is 0 Å². The standard InChI is InChI=1S/C46H93N2O7P/c1-3-5-7-9-11-13-15-17-19-20-21-22-23-24-26-28-30-32-34-36-38-45(50)44(42-55-56(52,53)54-40-39-47)48-46(51)41-43(49)37-35-33-31-29-27-25-18-16-14-12-10-8-6-4-2/h25,27,43-45,49-50H,3-24,26,28-42,47H2,1-2H3,(H,48,51)(H,52,53)/b27-25-. The molecule has 6 N–H and O–H groups in total. The molecule has 334 valence electrons. The van der Waals surface area contributed by atoms with Gasteiger partial charge in [0.05, 0.1) is 37.9 Å². The molecular weight excluding hydrogens is 723 g/mol. The van der Waals surface area contributed by atoms with Gasteiger partial charge in [0, 0.05) is 6.54 Å². The van der Waals surface area contributed by atoms with Crippen LogP contribution in [0.4, 0.5) is 0 Å². The molecule has 0 aromatic rings. The van der Waals surface area contributed by atoms with Gasteiger partial charge in [-0.05, 0) is 38.5 Å². The third kappa shape index (κ3) is 40.0. The number of aliphatic hydroxyl groups is 2. The van der Waals surface area contributed by atoms with E-state index < -0.39 is 32.0 Å². The van der Waals surface area contributed by atoms with E-state index in [0.717, 1.165) is 51.4 Å². The normalized spacial score (nSPS) is 14.6. The molecule has 4 unspecified atom stereocenters. The summed E-state index contributed by atoms with van der Waals surface area (Å²) < 4.78 is 22.2. The lowest BCUT2D eigenvalue weighted by Crippen LogP contribution is -2.47. The van der Waals surface area contributed by atoms with Gasteiger partial charge in [-0.3, -0.25) is 13.8 Å². The van der Waals surface area contributed by atoms with Gasteiger partial charge in [-0.1, -0.05) is 206 Å². The van der Waals surface area contributed by atoms with Gasteiger partial charge in [0.1, 0.15) is 0 Å². The van der Waals surface area contributed by atoms with Crippen molar-refractivity contribution in [2.24, 2.45) is 5.73 Å². The van der Waals surface area contributed by atoms with Gasteiger partial charge in [0.25, 0.3) is 0 Å². The van der Waals surface area contributed by atoms with Crippen molar-refractivity contribution in [2.75, 3.05) is 19.8 Å². The largest absolute Gasteiger partial charge is 0.472 e. The zero-order valence-electron chi connectivity index (χ0n) is 36.8. The molecular formula is C46H93N2O7P. The highest BCUT2D eigenvalue weighted by molar-refractivity contribution is 7.47. The van der Waals surface area contributed by atoms with E-state index in [0.29, 0.717) is 12.8 Å². The highest BCUT2D eigenvalue weighted by Crippen LogP contribution is 2.43. The van der Waals surface area contributed by atoms with Gasteiger partial charge in [-0.25, -0.2) is 4.57 Å². The minimum absolute atomic E-state index is 0.0596. The van der Waals surface area contributed by atoms with Crippen LogP contribution in [-0.2, 0) is 18.4 Å². The number of rotatable bonds is 45. The first-order valence-electron chi connectivity index (χ1n) is 23.9. The molecule has 0 spiro atoms. The van der Waals surface area contributed by atoms with E-state index in [1.54, 1.807) is 0 Å². The zero-order chi connectivity index (χ0) is 41.2. The Labute approximate surface area is 346 Å². The molecule has 4 atom stereocenters. The molecule has 0 aliphatic heterocycles. The Bertz CT molecular complexity index is 909. The lowest BCUT2D eigenvalue weighted by Gasteiger charge is -2.25. The molecule has 0 aliphatic carbocycles. The van der Waals surface area contributed by atoms with E-state index in [-0.39, 0.29) is 26.2 Å². The number of carbonyl (C=O) groups excluding carboxylic acids is 1. The van der Waals surface area contributed by atoms with Crippen molar-refractivity contribution in [2.45, 2.75) is 257 Å². The summed E-state index contributed by atoms with van der Waals surface area (Å²) in [5.41, 5.74) is 5.38. The van der Waals surface area contributed by atoms with Gasteiger partial charge >= 0.3 is 7.82 Å². The second kappa shape index (κ2) is 42.3. The average molecular weight is 817 g/mol. The van der Waals surface area contributed by atoms with E-state index in [4.69, 9.17) is 14.8 Å². The molecule has 0 bridgehead atoms. The Morgan fingerprint density at radius 1 is 0.589 bits per heavy atom. The predicted octanol–water partition coefficient (Wildman–Crippen LogP) is 12.5. The zero-order valence-corrected chi connectivity index (χ0v) is 37.7. The lowest BCUT2D eigenvalue weighted by atomic mass is 10.0. The monoisotopic (exact) mass is 817 g/mol. The fourth-order valence-electron chi connectivity index (χ4n) is 7.29. The molecule has 0 saturated heterocycles. The van der Waals surface area contributed by atoms with E-state index in [2.05, 4.69) is 31.3 Å². The summed E-state index contributed by atoms with van der Waals surface area (Å²) in [6.45, 7) is 4.06. The Hall–Kier alpha value is -0.800. The van der Waals surface area contributed by atoms with Gasteiger partial charge < -0.3 is 26.2 Å². The van der Waals surface area contributed by atoms with Crippen LogP contribution in [0.2, 0.25) is 0 Å². The first-order valence-corrected chi connectivity index (χ1v) is 25.4. The third-order valence-corrected chi connectivity index (χ3v) is 11.9. The SMILES string of the molecule is CCCCCCCCC/C=C\CCCCCC(O)CC(=O)NC(COP(=O)(O)OCCN)C(O)CCCCCCCCCCCCCCCCCCCCCC. The molecule has 0 saturated carbocycles. The van der Waals surface area contributed by atoms with Gasteiger partial charge in [0.15, 0.2) is 0 Å². The number of unbranched alkanes of at least 4 members (excludes halogenated alkanes) is 29. The van der Waals surface area contributed by atoms with E-state index in [1.165, 1.54) is 154 Å². The minimum Gasteiger partial charge on any atom is -0.393 e. The molecule has 0 aromatic carbocycles. The van der Waals surface area contributed by atoms with Crippen molar-refractivity contribution >= 4 is 13.7 Å². The lowest BCUT2D eigenvalue weighted by molar-refractivity contribution is -0.125. The molecule has 1 amide bonds. The molecule has 0 aliphatic rings. The van der Waals surface area contributed by atoms with Crippen molar-refractivity contribution < 1.29 is 33.5 Å². The molecule has 0 rings (SSSR count). The van der Waals surface area contributed by atoms with Crippen LogP contribution in [-0.4, -0.2) is 59.0 Å². The summed E-state index contributed by atoms with van der Waals surface area (Å²) >= 11 is 0. The molecule has 56 heavy (non-hydrogen) atoms. The topological polar surface area (TPSA) is 151 Å². The Morgan fingerprint density at radius 3 is 1.39 bits per heavy atom. The molecule has 0 heterocycles. The van der Waals surface area contributed by atoms with Gasteiger partial charge in [-0.15, -0.1) is 0 Å². The van der Waals surface area contributed by atoms with Crippen molar-refractivity contribution in [3.05, 3.63) is 12.2 Å². The quantitative estimate of drug-likeness (QED) is 0.0231. The number of hydrogen-bond donors (Lipinski definition) is 5. The highest BCUT2D eigenvalue weighted by Gasteiger charge is 2.28.